The minimum absolute atomic E-state index is 0.0179. The van der Waals surface area contributed by atoms with Crippen molar-refractivity contribution in [3.63, 3.8) is 0 Å². The maximum absolute atomic E-state index is 11.4. The molecule has 0 bridgehead atoms. The number of nitrogens with zero attached hydrogens (tertiary/aromatic N) is 3. The van der Waals surface area contributed by atoms with E-state index in [9.17, 15) is 10.1 Å². The second-order valence-corrected chi connectivity index (χ2v) is 7.84. The van der Waals surface area contributed by atoms with Crippen LogP contribution in [0, 0.1) is 10.1 Å². The van der Waals surface area contributed by atoms with Crippen molar-refractivity contribution in [3.8, 4) is 0 Å². The predicted octanol–water partition coefficient (Wildman–Crippen LogP) is 5.98. The van der Waals surface area contributed by atoms with Gasteiger partial charge in [-0.25, -0.2) is 4.99 Å². The first-order valence-electron chi connectivity index (χ1n) is 10.1. The lowest BCUT2D eigenvalue weighted by atomic mass is 10.00. The minimum Gasteiger partial charge on any atom is -0.336 e. The molecule has 32 heavy (non-hydrogen) atoms. The fourth-order valence-electron chi connectivity index (χ4n) is 3.78. The third-order valence-corrected chi connectivity index (χ3v) is 5.72. The Labute approximate surface area is 188 Å². The van der Waals surface area contributed by atoms with Crippen LogP contribution in [-0.2, 0) is 12.8 Å². The quantitative estimate of drug-likeness (QED) is 0.258. The van der Waals surface area contributed by atoms with Gasteiger partial charge in [-0.05, 0) is 30.5 Å². The number of aliphatic imine (C=N–C) groups is 1. The highest BCUT2D eigenvalue weighted by Gasteiger charge is 2.25. The van der Waals surface area contributed by atoms with Crippen LogP contribution in [-0.4, -0.2) is 20.8 Å². The molecule has 8 heteroatoms. The van der Waals surface area contributed by atoms with Crippen LogP contribution in [0.15, 0.2) is 77.8 Å². The number of nitrogens with one attached hydrogen (secondary N) is 2. The molecule has 2 heterocycles. The van der Waals surface area contributed by atoms with Crippen LogP contribution in [0.3, 0.4) is 0 Å². The molecule has 0 saturated carbocycles. The molecule has 7 nitrogen and oxygen atoms in total. The summed E-state index contributed by atoms with van der Waals surface area (Å²) in [5, 5.41) is 22.8. The second kappa shape index (κ2) is 8.28. The van der Waals surface area contributed by atoms with E-state index in [0.29, 0.717) is 45.5 Å². The first kappa shape index (κ1) is 20.0. The molecular formula is C24H18ClN5O2. The number of anilines is 2. The van der Waals surface area contributed by atoms with Crippen LogP contribution in [0.5, 0.6) is 0 Å². The molecule has 1 aliphatic rings. The van der Waals surface area contributed by atoms with Crippen LogP contribution in [0.25, 0.3) is 0 Å². The normalized spacial score (nSPS) is 12.2. The van der Waals surface area contributed by atoms with Gasteiger partial charge in [-0.2, -0.15) is 5.10 Å². The Morgan fingerprint density at radius 1 is 0.938 bits per heavy atom. The molecule has 0 radical (unpaired) electrons. The van der Waals surface area contributed by atoms with E-state index in [0.717, 1.165) is 12.1 Å². The van der Waals surface area contributed by atoms with E-state index >= 15 is 0 Å². The Morgan fingerprint density at radius 2 is 1.72 bits per heavy atom. The Morgan fingerprint density at radius 3 is 2.50 bits per heavy atom. The largest absolute Gasteiger partial charge is 0.336 e. The van der Waals surface area contributed by atoms with Crippen molar-refractivity contribution in [3.05, 3.63) is 110 Å². The number of hydrogen-bond acceptors (Lipinski definition) is 5. The van der Waals surface area contributed by atoms with Crippen molar-refractivity contribution < 1.29 is 4.92 Å². The summed E-state index contributed by atoms with van der Waals surface area (Å²) in [4.78, 5) is 15.9. The number of rotatable bonds is 5. The minimum atomic E-state index is -0.417. The summed E-state index contributed by atoms with van der Waals surface area (Å²) >= 11 is 6.50. The SMILES string of the molecule is O=[N+]([O-])c1ccc2c(c1)C(c1ccccc1Cl)=Nc1c(n[nH]c1CCc1ccccc1)N2. The van der Waals surface area contributed by atoms with E-state index in [4.69, 9.17) is 16.6 Å². The Hall–Kier alpha value is -3.97. The summed E-state index contributed by atoms with van der Waals surface area (Å²) in [5.74, 6) is 0.574. The molecule has 3 aromatic carbocycles. The van der Waals surface area contributed by atoms with Crippen molar-refractivity contribution in [2.75, 3.05) is 5.32 Å². The van der Waals surface area contributed by atoms with Gasteiger partial charge in [-0.1, -0.05) is 60.1 Å². The van der Waals surface area contributed by atoms with Crippen LogP contribution < -0.4 is 5.32 Å². The van der Waals surface area contributed by atoms with Crippen LogP contribution in [0.4, 0.5) is 22.9 Å². The van der Waals surface area contributed by atoms with Gasteiger partial charge in [0.1, 0.15) is 5.69 Å². The van der Waals surface area contributed by atoms with Gasteiger partial charge in [0.15, 0.2) is 5.82 Å². The molecule has 5 rings (SSSR count). The molecule has 0 aliphatic carbocycles. The molecule has 0 atom stereocenters. The highest BCUT2D eigenvalue weighted by atomic mass is 35.5. The average Bonchev–Trinajstić information content (AvgIpc) is 3.10. The summed E-state index contributed by atoms with van der Waals surface area (Å²) in [6.45, 7) is 0. The zero-order valence-electron chi connectivity index (χ0n) is 16.9. The summed E-state index contributed by atoms with van der Waals surface area (Å²) in [6.07, 6.45) is 1.54. The first-order chi connectivity index (χ1) is 15.6. The van der Waals surface area contributed by atoms with E-state index in [2.05, 4.69) is 27.6 Å². The average molecular weight is 444 g/mol. The monoisotopic (exact) mass is 443 g/mol. The van der Waals surface area contributed by atoms with Gasteiger partial charge in [0, 0.05) is 34.0 Å². The van der Waals surface area contributed by atoms with Crippen molar-refractivity contribution in [2.45, 2.75) is 12.8 Å². The zero-order valence-corrected chi connectivity index (χ0v) is 17.6. The van der Waals surface area contributed by atoms with Gasteiger partial charge < -0.3 is 5.32 Å². The highest BCUT2D eigenvalue weighted by molar-refractivity contribution is 6.36. The fourth-order valence-corrected chi connectivity index (χ4v) is 4.00. The topological polar surface area (TPSA) is 96.2 Å². The van der Waals surface area contributed by atoms with E-state index in [1.807, 2.05) is 36.4 Å². The molecule has 0 fully saturated rings. The van der Waals surface area contributed by atoms with E-state index in [1.165, 1.54) is 17.7 Å². The molecule has 1 aliphatic heterocycles. The number of halogens is 1. The maximum atomic E-state index is 11.4. The molecule has 0 saturated heterocycles. The lowest BCUT2D eigenvalue weighted by molar-refractivity contribution is -0.384. The lowest BCUT2D eigenvalue weighted by Crippen LogP contribution is -2.07. The highest BCUT2D eigenvalue weighted by Crippen LogP contribution is 2.39. The Bertz CT molecular complexity index is 1350. The number of benzene rings is 3. The van der Waals surface area contributed by atoms with Crippen molar-refractivity contribution >= 4 is 40.2 Å². The number of aryl methyl sites for hydroxylation is 2. The van der Waals surface area contributed by atoms with Gasteiger partial charge in [0.2, 0.25) is 0 Å². The third kappa shape index (κ3) is 3.74. The number of nitro benzene ring substituents is 1. The molecule has 0 spiro atoms. The molecule has 4 aromatic rings. The van der Waals surface area contributed by atoms with Gasteiger partial charge in [0.25, 0.3) is 5.69 Å². The number of hydrogen-bond donors (Lipinski definition) is 2. The smallest absolute Gasteiger partial charge is 0.270 e. The lowest BCUT2D eigenvalue weighted by Gasteiger charge is -2.11. The zero-order chi connectivity index (χ0) is 22.1. The molecular weight excluding hydrogens is 426 g/mol. The van der Waals surface area contributed by atoms with Gasteiger partial charge in [0.05, 0.1) is 16.3 Å². The van der Waals surface area contributed by atoms with E-state index < -0.39 is 4.92 Å². The number of H-pyrrole nitrogens is 1. The van der Waals surface area contributed by atoms with Crippen LogP contribution in [0.1, 0.15) is 22.4 Å². The van der Waals surface area contributed by atoms with Crippen molar-refractivity contribution in [1.82, 2.24) is 10.2 Å². The molecule has 158 valence electrons. The van der Waals surface area contributed by atoms with E-state index in [-0.39, 0.29) is 5.69 Å². The van der Waals surface area contributed by atoms with Crippen molar-refractivity contribution in [1.29, 1.82) is 0 Å². The summed E-state index contributed by atoms with van der Waals surface area (Å²) in [6, 6.07) is 22.2. The van der Waals surface area contributed by atoms with Gasteiger partial charge in [-0.15, -0.1) is 0 Å². The third-order valence-electron chi connectivity index (χ3n) is 5.39. The number of non-ortho nitro benzene ring substituents is 1. The van der Waals surface area contributed by atoms with Crippen LogP contribution >= 0.6 is 11.6 Å². The number of fused-ring (bicyclic) bond motifs is 2. The second-order valence-electron chi connectivity index (χ2n) is 7.44. The summed E-state index contributed by atoms with van der Waals surface area (Å²) in [7, 11) is 0. The molecule has 0 unspecified atom stereocenters. The summed E-state index contributed by atoms with van der Waals surface area (Å²) in [5.41, 5.74) is 5.28. The molecule has 1 aromatic heterocycles. The van der Waals surface area contributed by atoms with Crippen LogP contribution in [0.2, 0.25) is 5.02 Å². The Balaban J connectivity index is 1.64. The number of aromatic nitrogens is 2. The van der Waals surface area contributed by atoms with Gasteiger partial charge >= 0.3 is 0 Å². The maximum Gasteiger partial charge on any atom is 0.270 e. The predicted molar refractivity (Wildman–Crippen MR) is 126 cm³/mol. The number of nitro groups is 1. The number of aromatic amines is 1. The Kier molecular flexibility index (Phi) is 5.17. The molecule has 2 N–H and O–H groups in total. The van der Waals surface area contributed by atoms with Crippen molar-refractivity contribution in [2.24, 2.45) is 4.99 Å². The van der Waals surface area contributed by atoms with E-state index in [1.54, 1.807) is 12.1 Å². The fraction of sp³-hybridized carbons (Fsp3) is 0.0833. The molecule has 0 amide bonds. The first-order valence-corrected chi connectivity index (χ1v) is 10.5. The van der Waals surface area contributed by atoms with Gasteiger partial charge in [-0.3, -0.25) is 15.2 Å². The standard InChI is InChI=1S/C24H18ClN5O2/c25-19-9-5-4-8-17(19)22-18-14-16(30(31)32)11-13-20(18)26-24-23(27-22)21(28-29-24)12-10-15-6-2-1-3-7-15/h1-9,11,13-14H,10,12H2,(H2,26,28,29). The summed E-state index contributed by atoms with van der Waals surface area (Å²) < 4.78 is 0.